The molecule has 0 aromatic heterocycles. The quantitative estimate of drug-likeness (QED) is 0.251. The molecule has 3 fully saturated rings. The SMILES string of the molecule is CC[C@H]1CC(=O)[C@H](C)[C@@H](OC2CC(C)(OC)C(O)C(C)O2)[C@@H](C)[C@@H](OC2OC(C)CC(N(C)C)C2O)[C@](C)(O)C[C@@H](C)CN(C)[C@H](C)[C@@H](O)[C@]1(C)O.O. The summed E-state index contributed by atoms with van der Waals surface area (Å²) in [4.78, 5) is 18.3. The fourth-order valence-electron chi connectivity index (χ4n) is 9.17. The van der Waals surface area contributed by atoms with Gasteiger partial charge in [-0.25, -0.2) is 0 Å². The maximum Gasteiger partial charge on any atom is 0.185 e. The number of methoxy groups -OCH3 is 1. The zero-order chi connectivity index (χ0) is 39.7. The number of nitrogens with zero attached hydrogens (tertiary/aromatic N) is 2. The minimum Gasteiger partial charge on any atom is -0.412 e. The van der Waals surface area contributed by atoms with Crippen molar-refractivity contribution in [2.24, 2.45) is 23.7 Å². The van der Waals surface area contributed by atoms with E-state index in [-0.39, 0.29) is 48.6 Å². The summed E-state index contributed by atoms with van der Waals surface area (Å²) < 4.78 is 31.7. The van der Waals surface area contributed by atoms with E-state index in [1.54, 1.807) is 34.6 Å². The highest BCUT2D eigenvalue weighted by Crippen LogP contribution is 2.41. The molecule has 3 aliphatic heterocycles. The van der Waals surface area contributed by atoms with Crippen molar-refractivity contribution in [1.82, 2.24) is 9.80 Å². The number of aliphatic hydroxyl groups excluding tert-OH is 3. The highest BCUT2D eigenvalue weighted by molar-refractivity contribution is 5.81. The van der Waals surface area contributed by atoms with Gasteiger partial charge in [-0.2, -0.15) is 0 Å². The number of ketones is 1. The molecular formula is C39H76N2O12. The largest absolute Gasteiger partial charge is 0.412 e. The van der Waals surface area contributed by atoms with Crippen molar-refractivity contribution in [1.29, 1.82) is 0 Å². The molecule has 0 bridgehead atoms. The standard InChI is InChI=1S/C39H74N2O11.H2O/c1-15-27-17-29(42)23(4)32(51-30-19-38(9,48-14)34(45)26(7)50-30)24(5)35(52-36-31(43)28(40(11)12)16-22(3)49-36)37(8,46)18-21(2)20-41(13)25(6)33(44)39(27,10)47;/h21-28,30-36,43-47H,15-20H2,1-14H3;1H2/t21-,22?,23+,24-,25-,26?,27+,28?,30?,31?,32-,33-,34?,35-,36?,37-,38?,39-;/m1./s1. The molecule has 0 aliphatic carbocycles. The molecule has 0 radical (unpaired) electrons. The Labute approximate surface area is 318 Å². The Kier molecular flexibility index (Phi) is 17.4. The molecule has 3 aliphatic rings. The van der Waals surface area contributed by atoms with E-state index in [9.17, 15) is 30.3 Å². The Balaban J connectivity index is 0.00000972. The smallest absolute Gasteiger partial charge is 0.185 e. The number of likely N-dealkylation sites (N-methyl/N-ethyl adjacent to an activating group) is 2. The summed E-state index contributed by atoms with van der Waals surface area (Å²) in [5, 5.41) is 58.4. The van der Waals surface area contributed by atoms with E-state index < -0.39 is 89.8 Å². The van der Waals surface area contributed by atoms with Gasteiger partial charge in [0.2, 0.25) is 0 Å². The third-order valence-electron chi connectivity index (χ3n) is 12.8. The van der Waals surface area contributed by atoms with E-state index in [0.29, 0.717) is 19.4 Å². The van der Waals surface area contributed by atoms with Crippen molar-refractivity contribution in [3.05, 3.63) is 0 Å². The predicted molar refractivity (Wildman–Crippen MR) is 201 cm³/mol. The van der Waals surface area contributed by atoms with Gasteiger partial charge in [0.1, 0.15) is 18.0 Å². The minimum atomic E-state index is -1.58. The molecule has 3 saturated heterocycles. The molecule has 3 heterocycles. The van der Waals surface area contributed by atoms with Crippen LogP contribution in [-0.4, -0.2) is 166 Å². The highest BCUT2D eigenvalue weighted by Gasteiger charge is 2.52. The van der Waals surface area contributed by atoms with Crippen molar-refractivity contribution in [2.45, 2.75) is 186 Å². The van der Waals surface area contributed by atoms with Crippen molar-refractivity contribution in [3.63, 3.8) is 0 Å². The number of hydrogen-bond acceptors (Lipinski definition) is 13. The third kappa shape index (κ3) is 11.0. The van der Waals surface area contributed by atoms with Crippen LogP contribution < -0.4 is 0 Å². The van der Waals surface area contributed by atoms with Crippen molar-refractivity contribution in [3.8, 4) is 0 Å². The van der Waals surface area contributed by atoms with Gasteiger partial charge in [0, 0.05) is 50.4 Å². The number of Topliss-reactive ketones (excluding diaryl/α,β-unsaturated/α-hetero) is 1. The number of ether oxygens (including phenoxy) is 5. The third-order valence-corrected chi connectivity index (χ3v) is 12.8. The second kappa shape index (κ2) is 19.1. The van der Waals surface area contributed by atoms with Crippen molar-refractivity contribution in [2.75, 3.05) is 34.8 Å². The monoisotopic (exact) mass is 765 g/mol. The molecule has 8 unspecified atom stereocenters. The fourth-order valence-corrected chi connectivity index (χ4v) is 9.17. The molecule has 53 heavy (non-hydrogen) atoms. The molecule has 18 atom stereocenters. The minimum absolute atomic E-state index is 0. The normalized spacial score (nSPS) is 48.8. The first-order valence-corrected chi connectivity index (χ1v) is 19.5. The van der Waals surface area contributed by atoms with Gasteiger partial charge in [-0.05, 0) is 87.4 Å². The van der Waals surface area contributed by atoms with Crippen LogP contribution in [0.15, 0.2) is 0 Å². The summed E-state index contributed by atoms with van der Waals surface area (Å²) in [6.45, 7) is 18.7. The van der Waals surface area contributed by atoms with Crippen molar-refractivity contribution < 1.29 is 59.5 Å². The van der Waals surface area contributed by atoms with Gasteiger partial charge in [-0.15, -0.1) is 0 Å². The van der Waals surface area contributed by atoms with Gasteiger partial charge >= 0.3 is 0 Å². The van der Waals surface area contributed by atoms with Crippen LogP contribution in [0.3, 0.4) is 0 Å². The average molecular weight is 765 g/mol. The van der Waals surface area contributed by atoms with E-state index in [1.807, 2.05) is 65.6 Å². The maximum absolute atomic E-state index is 14.4. The van der Waals surface area contributed by atoms with Crippen molar-refractivity contribution >= 4 is 5.78 Å². The maximum atomic E-state index is 14.4. The Hall–Kier alpha value is -0.850. The van der Waals surface area contributed by atoms with Gasteiger partial charge in [-0.1, -0.05) is 34.1 Å². The molecule has 0 saturated carbocycles. The first kappa shape index (κ1) is 48.3. The molecule has 314 valence electrons. The molecule has 14 heteroatoms. The summed E-state index contributed by atoms with van der Waals surface area (Å²) in [6.07, 6.45) is -6.35. The molecule has 0 aromatic rings. The molecule has 14 nitrogen and oxygen atoms in total. The van der Waals surface area contributed by atoms with Crippen LogP contribution in [0, 0.1) is 23.7 Å². The second-order valence-corrected chi connectivity index (χ2v) is 17.6. The van der Waals surface area contributed by atoms with Gasteiger partial charge in [0.15, 0.2) is 12.6 Å². The Bertz CT molecular complexity index is 1140. The summed E-state index contributed by atoms with van der Waals surface area (Å²) >= 11 is 0. The number of hydrogen-bond donors (Lipinski definition) is 5. The lowest BCUT2D eigenvalue weighted by Crippen LogP contribution is -2.60. The number of rotatable bonds is 7. The van der Waals surface area contributed by atoms with Crippen LogP contribution in [0.4, 0.5) is 0 Å². The number of carbonyl (C=O) groups is 1. The Morgan fingerprint density at radius 3 is 2.09 bits per heavy atom. The summed E-state index contributed by atoms with van der Waals surface area (Å²) in [5.41, 5.74) is -4.08. The molecule has 0 amide bonds. The average Bonchev–Trinajstić information content (AvgIpc) is 3.05. The lowest BCUT2D eigenvalue weighted by Gasteiger charge is -2.49. The summed E-state index contributed by atoms with van der Waals surface area (Å²) in [6, 6.07) is -0.708. The Morgan fingerprint density at radius 2 is 1.55 bits per heavy atom. The van der Waals surface area contributed by atoms with Crippen LogP contribution in [0.25, 0.3) is 0 Å². The van der Waals surface area contributed by atoms with Gasteiger partial charge in [-0.3, -0.25) is 4.79 Å². The number of aliphatic hydroxyl groups is 5. The van der Waals surface area contributed by atoms with E-state index in [1.165, 1.54) is 7.11 Å². The van der Waals surface area contributed by atoms with E-state index in [4.69, 9.17) is 23.7 Å². The van der Waals surface area contributed by atoms with Crippen LogP contribution >= 0.6 is 0 Å². The second-order valence-electron chi connectivity index (χ2n) is 17.6. The summed E-state index contributed by atoms with van der Waals surface area (Å²) in [5.74, 6) is -2.31. The lowest BCUT2D eigenvalue weighted by atomic mass is 9.74. The molecule has 7 N–H and O–H groups in total. The van der Waals surface area contributed by atoms with Gasteiger partial charge in [0.25, 0.3) is 0 Å². The number of carbonyl (C=O) groups excluding carboxylic acids is 1. The predicted octanol–water partition coefficient (Wildman–Crippen LogP) is 1.74. The molecule has 0 spiro atoms. The van der Waals surface area contributed by atoms with Crippen LogP contribution in [-0.2, 0) is 28.5 Å². The van der Waals surface area contributed by atoms with Gasteiger partial charge in [0.05, 0.1) is 47.3 Å². The van der Waals surface area contributed by atoms with Gasteiger partial charge < -0.3 is 64.5 Å². The zero-order valence-corrected chi connectivity index (χ0v) is 35.0. The Morgan fingerprint density at radius 1 is 0.943 bits per heavy atom. The molecule has 0 aromatic carbocycles. The van der Waals surface area contributed by atoms with E-state index in [0.717, 1.165) is 0 Å². The van der Waals surface area contributed by atoms with E-state index >= 15 is 0 Å². The molecule has 3 rings (SSSR count). The highest BCUT2D eigenvalue weighted by atomic mass is 16.7. The van der Waals surface area contributed by atoms with Crippen LogP contribution in [0.1, 0.15) is 101 Å². The van der Waals surface area contributed by atoms with Crippen LogP contribution in [0.2, 0.25) is 0 Å². The summed E-state index contributed by atoms with van der Waals surface area (Å²) in [7, 11) is 7.21. The fraction of sp³-hybridized carbons (Fsp3) is 0.974. The first-order valence-electron chi connectivity index (χ1n) is 19.5. The zero-order valence-electron chi connectivity index (χ0n) is 35.0. The lowest BCUT2D eigenvalue weighted by molar-refractivity contribution is -0.317. The van der Waals surface area contributed by atoms with E-state index in [2.05, 4.69) is 0 Å². The topological polar surface area (TPSA) is 202 Å². The molecular weight excluding hydrogens is 688 g/mol. The van der Waals surface area contributed by atoms with Crippen LogP contribution in [0.5, 0.6) is 0 Å². The first-order chi connectivity index (χ1) is 23.9.